The standard InChI is InChI=1S/2C23H31NO2.2C4H8O.Ca/c2*1-15-9-10-20(26-8)19(11-15)24-14-16-12-17(22(2,3)4)13-18(21(16)25)23(5,6)7;2*1-2-4-5-3-1;/h2*9-14,25H,1-8H3;2*1-4H2;/q;;;;+2. The van der Waals surface area contributed by atoms with Crippen LogP contribution in [0.15, 0.2) is 60.7 Å². The van der Waals surface area contributed by atoms with Gasteiger partial charge in [-0.25, -0.2) is 9.98 Å². The molecule has 9 heteroatoms. The largest absolute Gasteiger partial charge is 2.00 e. The third kappa shape index (κ3) is 17.8. The minimum Gasteiger partial charge on any atom is -0.872 e. The van der Waals surface area contributed by atoms with Crippen LogP contribution in [-0.2, 0) is 31.1 Å². The first-order valence-electron chi connectivity index (χ1n) is 22.2. The summed E-state index contributed by atoms with van der Waals surface area (Å²) in [5.74, 6) is 1.65. The van der Waals surface area contributed by atoms with Gasteiger partial charge in [-0.2, -0.15) is 0 Å². The molecule has 4 aromatic carbocycles. The van der Waals surface area contributed by atoms with Gasteiger partial charge in [-0.1, -0.05) is 119 Å². The van der Waals surface area contributed by atoms with Crippen molar-refractivity contribution in [3.63, 3.8) is 0 Å². The second-order valence-electron chi connectivity index (χ2n) is 20.5. The summed E-state index contributed by atoms with van der Waals surface area (Å²) in [6.45, 7) is 33.5. The Morgan fingerprint density at radius 1 is 0.492 bits per heavy atom. The van der Waals surface area contributed by atoms with Crippen LogP contribution in [-0.4, -0.2) is 90.8 Å². The van der Waals surface area contributed by atoms with Crippen LogP contribution in [0.2, 0.25) is 0 Å². The smallest absolute Gasteiger partial charge is 0.872 e. The van der Waals surface area contributed by atoms with Gasteiger partial charge >= 0.3 is 37.7 Å². The normalized spacial score (nSPS) is 14.2. The second-order valence-corrected chi connectivity index (χ2v) is 20.5. The van der Waals surface area contributed by atoms with Crippen LogP contribution in [0.4, 0.5) is 11.4 Å². The summed E-state index contributed by atoms with van der Waals surface area (Å²) < 4.78 is 20.7. The van der Waals surface area contributed by atoms with E-state index in [4.69, 9.17) is 18.9 Å². The van der Waals surface area contributed by atoms with E-state index in [9.17, 15) is 10.2 Å². The van der Waals surface area contributed by atoms with E-state index in [1.165, 1.54) is 25.7 Å². The van der Waals surface area contributed by atoms with E-state index in [2.05, 4.69) is 105 Å². The molecule has 340 valence electrons. The van der Waals surface area contributed by atoms with Crippen LogP contribution < -0.4 is 29.7 Å². The molecule has 2 heterocycles. The summed E-state index contributed by atoms with van der Waals surface area (Å²) in [5.41, 5.74) is 8.83. The van der Waals surface area contributed by atoms with Crippen LogP contribution in [0, 0.1) is 13.8 Å². The number of nitrogens with one attached hydrogen (secondary N) is 2. The third-order valence-electron chi connectivity index (χ3n) is 10.7. The Hall–Kier alpha value is -3.40. The van der Waals surface area contributed by atoms with Crippen LogP contribution in [0.3, 0.4) is 0 Å². The Bertz CT molecular complexity index is 1940. The molecule has 2 fully saturated rings. The zero-order chi connectivity index (χ0) is 46.5. The summed E-state index contributed by atoms with van der Waals surface area (Å²) in [4.78, 5) is 6.54. The summed E-state index contributed by atoms with van der Waals surface area (Å²) in [5, 5.41) is 26.1. The fourth-order valence-electron chi connectivity index (χ4n) is 6.70. The number of rotatable bonds is 6. The fraction of sp³-hybridized carbons (Fsp3) is 0.519. The molecule has 0 bridgehead atoms. The van der Waals surface area contributed by atoms with Gasteiger partial charge in [-0.3, -0.25) is 0 Å². The molecule has 8 nitrogen and oxygen atoms in total. The SMILES string of the molecule is C1CCOC1.C1CCOC1.COc1ccc(C)cc1[NH+]=Cc1cc(C(C)(C)C)cc(C(C)(C)C)c1[O-].COc1ccc(C)cc1[NH+]=Cc1cc(C(C)(C)C)cc(C(C)(C)C)c1[O-].[Ca+2]. The van der Waals surface area contributed by atoms with Crippen LogP contribution in [0.25, 0.3) is 0 Å². The minimum atomic E-state index is -0.206. The Morgan fingerprint density at radius 2 is 0.810 bits per heavy atom. The summed E-state index contributed by atoms with van der Waals surface area (Å²) in [6, 6.07) is 20.0. The molecule has 0 unspecified atom stereocenters. The van der Waals surface area contributed by atoms with Crippen LogP contribution >= 0.6 is 0 Å². The average Bonchev–Trinajstić information content (AvgIpc) is 3.97. The van der Waals surface area contributed by atoms with E-state index in [1.54, 1.807) is 26.6 Å². The van der Waals surface area contributed by atoms with Gasteiger partial charge in [0, 0.05) is 49.7 Å². The quantitative estimate of drug-likeness (QED) is 0.149. The molecular weight excluding hydrogens is 813 g/mol. The van der Waals surface area contributed by atoms with E-state index in [0.717, 1.165) is 82.7 Å². The molecule has 2 N–H and O–H groups in total. The number of benzene rings is 4. The second kappa shape index (κ2) is 24.8. The Kier molecular flexibility index (Phi) is 21.9. The van der Waals surface area contributed by atoms with Crippen LogP contribution in [0.5, 0.6) is 23.0 Å². The van der Waals surface area contributed by atoms with Crippen molar-refractivity contribution in [1.82, 2.24) is 0 Å². The van der Waals surface area contributed by atoms with Crippen molar-refractivity contribution < 1.29 is 39.1 Å². The van der Waals surface area contributed by atoms with Crippen molar-refractivity contribution in [3.05, 3.63) is 105 Å². The van der Waals surface area contributed by atoms with Gasteiger partial charge in [0.05, 0.1) is 14.2 Å². The predicted octanol–water partition coefficient (Wildman–Crippen LogP) is 8.22. The molecule has 0 aliphatic carbocycles. The Labute approximate surface area is 411 Å². The first-order chi connectivity index (χ1) is 28.9. The molecule has 0 aromatic heterocycles. The van der Waals surface area contributed by atoms with Gasteiger partial charge in [-0.05, 0) is 119 Å². The van der Waals surface area contributed by atoms with Gasteiger partial charge in [0.15, 0.2) is 23.9 Å². The van der Waals surface area contributed by atoms with Gasteiger partial charge in [0.2, 0.25) is 11.4 Å². The maximum atomic E-state index is 13.0. The predicted molar refractivity (Wildman–Crippen MR) is 259 cm³/mol. The molecule has 0 atom stereocenters. The molecule has 63 heavy (non-hydrogen) atoms. The number of aryl methyl sites for hydroxylation is 2. The number of ether oxygens (including phenoxy) is 4. The van der Waals surface area contributed by atoms with Crippen LogP contribution in [0.1, 0.15) is 153 Å². The molecular formula is C54H78CaN2O6+2. The Balaban J connectivity index is 0.000000348. The molecule has 0 saturated carbocycles. The molecule has 2 aliphatic heterocycles. The average molecular weight is 891 g/mol. The van der Waals surface area contributed by atoms with Crippen molar-refractivity contribution in [2.45, 2.75) is 144 Å². The van der Waals surface area contributed by atoms with Crippen molar-refractivity contribution >= 4 is 61.5 Å². The van der Waals surface area contributed by atoms with Crippen molar-refractivity contribution in [1.29, 1.82) is 0 Å². The number of hydrogen-bond donors (Lipinski definition) is 2. The number of hydrogen-bond acceptors (Lipinski definition) is 6. The summed E-state index contributed by atoms with van der Waals surface area (Å²) in [6.07, 6.45) is 8.70. The van der Waals surface area contributed by atoms with Crippen molar-refractivity contribution in [3.8, 4) is 23.0 Å². The molecule has 2 aliphatic rings. The van der Waals surface area contributed by atoms with E-state index in [-0.39, 0.29) is 70.9 Å². The molecule has 2 saturated heterocycles. The Morgan fingerprint density at radius 3 is 1.05 bits per heavy atom. The maximum Gasteiger partial charge on any atom is 2.00 e. The zero-order valence-electron chi connectivity index (χ0n) is 41.7. The van der Waals surface area contributed by atoms with E-state index in [0.29, 0.717) is 11.1 Å². The third-order valence-corrected chi connectivity index (χ3v) is 10.7. The molecule has 4 aromatic rings. The van der Waals surface area contributed by atoms with E-state index >= 15 is 0 Å². The monoisotopic (exact) mass is 891 g/mol. The van der Waals surface area contributed by atoms with E-state index < -0.39 is 0 Å². The molecule has 0 radical (unpaired) electrons. The van der Waals surface area contributed by atoms with Crippen molar-refractivity contribution in [2.24, 2.45) is 0 Å². The fourth-order valence-corrected chi connectivity index (χ4v) is 6.70. The molecule has 0 amide bonds. The zero-order valence-corrected chi connectivity index (χ0v) is 44.0. The molecule has 6 rings (SSSR count). The van der Waals surface area contributed by atoms with E-state index in [1.807, 2.05) is 62.4 Å². The van der Waals surface area contributed by atoms with Gasteiger partial charge in [-0.15, -0.1) is 0 Å². The maximum absolute atomic E-state index is 13.0. The van der Waals surface area contributed by atoms with Gasteiger partial charge in [0.25, 0.3) is 0 Å². The van der Waals surface area contributed by atoms with Gasteiger partial charge in [0.1, 0.15) is 0 Å². The minimum absolute atomic E-state index is 0. The topological polar surface area (TPSA) is 111 Å². The van der Waals surface area contributed by atoms with Crippen molar-refractivity contribution in [2.75, 3.05) is 40.6 Å². The molecule has 0 spiro atoms. The number of methoxy groups -OCH3 is 2. The first-order valence-corrected chi connectivity index (χ1v) is 22.2. The summed E-state index contributed by atoms with van der Waals surface area (Å²) in [7, 11) is 3.29. The first kappa shape index (κ1) is 55.7. The summed E-state index contributed by atoms with van der Waals surface area (Å²) >= 11 is 0. The van der Waals surface area contributed by atoms with Gasteiger partial charge < -0.3 is 29.2 Å².